The molecule has 3 aliphatic rings. The number of carbonyl (C=O) groups is 1. The summed E-state index contributed by atoms with van der Waals surface area (Å²) in [7, 11) is -1.11. The van der Waals surface area contributed by atoms with E-state index < -0.39 is 8.07 Å². The van der Waals surface area contributed by atoms with Gasteiger partial charge >= 0.3 is 0 Å². The molecule has 2 aliphatic carbocycles. The van der Waals surface area contributed by atoms with Crippen LogP contribution >= 0.6 is 0 Å². The van der Waals surface area contributed by atoms with E-state index in [2.05, 4.69) is 70.9 Å². The number of allylic oxidation sites excluding steroid dienone is 4. The number of likely N-dealkylation sites (N-methyl/N-ethyl adjacent to an activating group) is 1. The molecule has 5 rings (SSSR count). The van der Waals surface area contributed by atoms with E-state index >= 15 is 0 Å². The molecular formula is C32H45N3O2Si. The average Bonchev–Trinajstić information content (AvgIpc) is 3.54. The van der Waals surface area contributed by atoms with Gasteiger partial charge in [-0.15, -0.1) is 0 Å². The van der Waals surface area contributed by atoms with Crippen LogP contribution in [-0.2, 0) is 28.1 Å². The molecule has 0 fully saturated rings. The predicted octanol–water partition coefficient (Wildman–Crippen LogP) is 7.51. The van der Waals surface area contributed by atoms with Gasteiger partial charge in [0.25, 0.3) is 0 Å². The van der Waals surface area contributed by atoms with E-state index in [9.17, 15) is 4.79 Å². The lowest BCUT2D eigenvalue weighted by atomic mass is 9.78. The number of amides is 1. The third-order valence-electron chi connectivity index (χ3n) is 8.62. The quantitative estimate of drug-likeness (QED) is 0.191. The Labute approximate surface area is 230 Å². The van der Waals surface area contributed by atoms with Crippen LogP contribution in [0.3, 0.4) is 0 Å². The maximum Gasteiger partial charge on any atom is 0.238 e. The number of aryl methyl sites for hydroxylation is 2. The third kappa shape index (κ3) is 4.86. The zero-order chi connectivity index (χ0) is 27.1. The molecule has 2 heterocycles. The van der Waals surface area contributed by atoms with Gasteiger partial charge in [0.2, 0.25) is 5.91 Å². The Morgan fingerprint density at radius 3 is 2.55 bits per heavy atom. The second-order valence-corrected chi connectivity index (χ2v) is 18.3. The lowest BCUT2D eigenvalue weighted by Gasteiger charge is -2.23. The summed E-state index contributed by atoms with van der Waals surface area (Å²) in [5.74, 6) is 0.273. The van der Waals surface area contributed by atoms with Crippen molar-refractivity contribution < 1.29 is 9.53 Å². The molecule has 0 saturated heterocycles. The number of aromatic nitrogens is 2. The molecule has 0 N–H and O–H groups in total. The highest BCUT2D eigenvalue weighted by atomic mass is 28.3. The largest absolute Gasteiger partial charge is 0.360 e. The van der Waals surface area contributed by atoms with Gasteiger partial charge in [-0.05, 0) is 97.9 Å². The molecule has 1 aliphatic heterocycles. The van der Waals surface area contributed by atoms with Crippen molar-refractivity contribution in [1.82, 2.24) is 9.78 Å². The Morgan fingerprint density at radius 2 is 1.87 bits per heavy atom. The second kappa shape index (κ2) is 10.6. The van der Waals surface area contributed by atoms with Crippen LogP contribution in [0, 0.1) is 6.92 Å². The average molecular weight is 532 g/mol. The van der Waals surface area contributed by atoms with E-state index in [-0.39, 0.29) is 11.3 Å². The van der Waals surface area contributed by atoms with Gasteiger partial charge in [-0.25, -0.2) is 4.68 Å². The fourth-order valence-electron chi connectivity index (χ4n) is 6.54. The smallest absolute Gasteiger partial charge is 0.238 e. The summed E-state index contributed by atoms with van der Waals surface area (Å²) in [5.41, 5.74) is 9.85. The summed E-state index contributed by atoms with van der Waals surface area (Å²) in [5, 5.41) is 5.10. The Bertz CT molecular complexity index is 1270. The van der Waals surface area contributed by atoms with Crippen LogP contribution in [0.15, 0.2) is 30.5 Å². The molecule has 38 heavy (non-hydrogen) atoms. The molecule has 0 atom stereocenters. The van der Waals surface area contributed by atoms with Crippen molar-refractivity contribution in [2.75, 3.05) is 18.1 Å². The van der Waals surface area contributed by atoms with Crippen molar-refractivity contribution in [2.45, 2.75) is 104 Å². The molecule has 5 nitrogen and oxygen atoms in total. The first-order valence-corrected chi connectivity index (χ1v) is 18.4. The first kappa shape index (κ1) is 27.1. The van der Waals surface area contributed by atoms with Gasteiger partial charge in [-0.1, -0.05) is 51.2 Å². The van der Waals surface area contributed by atoms with E-state index in [0.29, 0.717) is 13.3 Å². The number of ether oxygens (including phenoxy) is 1. The van der Waals surface area contributed by atoms with Crippen LogP contribution in [0.4, 0.5) is 5.69 Å². The standard InChI is InChI=1S/C32H45N3O2Si/c1-7-12-26-25(14-11-13-24-21-34(33-30(24)26)22-37-17-18-38(4,5)6)27-20-29-28(19-23(27)3)32(15-9-10-16-32)31(36)35(29)8-2/h9-10,19-21H,7-8,11-18,22H2,1-6H3. The Kier molecular flexibility index (Phi) is 7.58. The lowest BCUT2D eigenvalue weighted by molar-refractivity contribution is -0.122. The van der Waals surface area contributed by atoms with E-state index in [1.165, 1.54) is 39.4 Å². The summed E-state index contributed by atoms with van der Waals surface area (Å²) >= 11 is 0. The number of fused-ring (bicyclic) bond motifs is 3. The topological polar surface area (TPSA) is 47.4 Å². The van der Waals surface area contributed by atoms with Crippen LogP contribution in [0.25, 0.3) is 11.1 Å². The molecule has 0 radical (unpaired) electrons. The normalized spacial score (nSPS) is 18.5. The fraction of sp³-hybridized carbons (Fsp3) is 0.562. The first-order valence-electron chi connectivity index (χ1n) is 14.7. The predicted molar refractivity (Wildman–Crippen MR) is 160 cm³/mol. The van der Waals surface area contributed by atoms with E-state index in [1.807, 2.05) is 9.58 Å². The molecule has 0 unspecified atom stereocenters. The van der Waals surface area contributed by atoms with Crippen LogP contribution in [0.1, 0.15) is 80.3 Å². The summed E-state index contributed by atoms with van der Waals surface area (Å²) < 4.78 is 8.05. The zero-order valence-corrected chi connectivity index (χ0v) is 25.3. The Balaban J connectivity index is 1.53. The molecular weight excluding hydrogens is 486 g/mol. The zero-order valence-electron chi connectivity index (χ0n) is 24.3. The van der Waals surface area contributed by atoms with E-state index in [4.69, 9.17) is 9.84 Å². The summed E-state index contributed by atoms with van der Waals surface area (Å²) in [6.45, 7) is 15.8. The van der Waals surface area contributed by atoms with E-state index in [1.54, 1.807) is 0 Å². The summed E-state index contributed by atoms with van der Waals surface area (Å²) in [4.78, 5) is 15.6. The first-order chi connectivity index (χ1) is 18.2. The Morgan fingerprint density at radius 1 is 1.11 bits per heavy atom. The maximum atomic E-state index is 13.6. The molecule has 0 saturated carbocycles. The van der Waals surface area contributed by atoms with Gasteiger partial charge in [0.1, 0.15) is 6.73 Å². The SMILES string of the molecule is CCCC1=C(c2cc3c(cc2C)C2(CC=CC2)C(=O)N3CC)CCCc2cn(COCC[Si](C)(C)C)nc21. The molecule has 2 aromatic rings. The fourth-order valence-corrected chi connectivity index (χ4v) is 7.30. The van der Waals surface area contributed by atoms with Crippen LogP contribution < -0.4 is 4.90 Å². The monoisotopic (exact) mass is 531 g/mol. The Hall–Kier alpha value is -2.44. The lowest BCUT2D eigenvalue weighted by Crippen LogP contribution is -2.38. The van der Waals surface area contributed by atoms with Crippen LogP contribution in [0.2, 0.25) is 25.7 Å². The van der Waals surface area contributed by atoms with Gasteiger partial charge in [0.15, 0.2) is 0 Å². The van der Waals surface area contributed by atoms with Crippen molar-refractivity contribution in [3.63, 3.8) is 0 Å². The number of anilines is 1. The number of rotatable bonds is 9. The van der Waals surface area contributed by atoms with Gasteiger partial charge < -0.3 is 9.64 Å². The molecule has 1 aromatic heterocycles. The van der Waals surface area contributed by atoms with Crippen molar-refractivity contribution >= 4 is 30.8 Å². The van der Waals surface area contributed by atoms with Gasteiger partial charge in [0.05, 0.1) is 11.1 Å². The number of benzene rings is 1. The highest BCUT2D eigenvalue weighted by Gasteiger charge is 2.50. The van der Waals surface area contributed by atoms with Gasteiger partial charge in [0, 0.05) is 33.1 Å². The van der Waals surface area contributed by atoms with Crippen molar-refractivity contribution in [1.29, 1.82) is 0 Å². The molecule has 1 spiro atoms. The molecule has 1 aromatic carbocycles. The van der Waals surface area contributed by atoms with Crippen molar-refractivity contribution in [3.05, 3.63) is 58.4 Å². The van der Waals surface area contributed by atoms with Crippen molar-refractivity contribution in [3.8, 4) is 0 Å². The van der Waals surface area contributed by atoms with Crippen LogP contribution in [0.5, 0.6) is 0 Å². The minimum Gasteiger partial charge on any atom is -0.360 e. The summed E-state index contributed by atoms with van der Waals surface area (Å²) in [6, 6.07) is 5.84. The molecule has 204 valence electrons. The van der Waals surface area contributed by atoms with Gasteiger partial charge in [-0.2, -0.15) is 5.10 Å². The second-order valence-electron chi connectivity index (χ2n) is 12.6. The van der Waals surface area contributed by atoms with Gasteiger partial charge in [-0.3, -0.25) is 4.79 Å². The van der Waals surface area contributed by atoms with Crippen molar-refractivity contribution in [2.24, 2.45) is 0 Å². The molecule has 6 heteroatoms. The minimum atomic E-state index is -1.11. The third-order valence-corrected chi connectivity index (χ3v) is 10.3. The number of hydrogen-bond donors (Lipinski definition) is 0. The number of hydrogen-bond acceptors (Lipinski definition) is 3. The molecule has 1 amide bonds. The van der Waals surface area contributed by atoms with E-state index in [0.717, 1.165) is 62.9 Å². The highest BCUT2D eigenvalue weighted by Crippen LogP contribution is 2.51. The highest BCUT2D eigenvalue weighted by molar-refractivity contribution is 6.76. The molecule has 0 bridgehead atoms. The summed E-state index contributed by atoms with van der Waals surface area (Å²) in [6.07, 6.45) is 13.5. The maximum absolute atomic E-state index is 13.6. The number of nitrogens with zero attached hydrogens (tertiary/aromatic N) is 3. The van der Waals surface area contributed by atoms with Crippen LogP contribution in [-0.4, -0.2) is 36.9 Å². The minimum absolute atomic E-state index is 0.273. The number of carbonyl (C=O) groups excluding carboxylic acids is 1.